The van der Waals surface area contributed by atoms with Crippen molar-refractivity contribution in [3.05, 3.63) is 41.8 Å². The van der Waals surface area contributed by atoms with Crippen LogP contribution in [-0.2, 0) is 27.7 Å². The molecule has 0 unspecified atom stereocenters. The third-order valence-electron chi connectivity index (χ3n) is 5.32. The highest BCUT2D eigenvalue weighted by molar-refractivity contribution is 5.77. The summed E-state index contributed by atoms with van der Waals surface area (Å²) in [5.41, 5.74) is 2.65. The van der Waals surface area contributed by atoms with Gasteiger partial charge in [-0.3, -0.25) is 9.48 Å². The fourth-order valence-corrected chi connectivity index (χ4v) is 3.85. The van der Waals surface area contributed by atoms with E-state index in [1.54, 1.807) is 16.8 Å². The topological polar surface area (TPSA) is 56.6 Å². The number of hydrogen-bond donors (Lipinski definition) is 0. The van der Waals surface area contributed by atoms with Crippen LogP contribution in [0.5, 0.6) is 0 Å². The first kappa shape index (κ1) is 18.1. The number of nitrogens with zero attached hydrogens (tertiary/aromatic N) is 3. The van der Waals surface area contributed by atoms with E-state index in [0.29, 0.717) is 39.1 Å². The lowest BCUT2D eigenvalue weighted by Gasteiger charge is -2.37. The predicted molar refractivity (Wildman–Crippen MR) is 97.4 cm³/mol. The maximum Gasteiger partial charge on any atom is 0.222 e. The molecule has 0 atom stereocenters. The second-order valence-corrected chi connectivity index (χ2v) is 7.17. The highest BCUT2D eigenvalue weighted by atomic mass is 19.1. The lowest BCUT2D eigenvalue weighted by atomic mass is 10.0. The van der Waals surface area contributed by atoms with Crippen molar-refractivity contribution in [3.63, 3.8) is 0 Å². The second-order valence-electron chi connectivity index (χ2n) is 7.17. The molecule has 27 heavy (non-hydrogen) atoms. The molecule has 0 N–H and O–H groups in total. The number of halogens is 1. The first-order chi connectivity index (χ1) is 13.0. The molecule has 0 bridgehead atoms. The summed E-state index contributed by atoms with van der Waals surface area (Å²) in [7, 11) is 1.85. The van der Waals surface area contributed by atoms with Gasteiger partial charge < -0.3 is 14.4 Å². The smallest absolute Gasteiger partial charge is 0.222 e. The zero-order valence-electron chi connectivity index (χ0n) is 15.5. The number of carbonyl (C=O) groups is 1. The Bertz CT molecular complexity index is 802. The van der Waals surface area contributed by atoms with Crippen LogP contribution in [0.3, 0.4) is 0 Å². The third kappa shape index (κ3) is 3.89. The minimum absolute atomic E-state index is 0.136. The number of amides is 1. The monoisotopic (exact) mass is 373 g/mol. The van der Waals surface area contributed by atoms with Crippen LogP contribution in [0.4, 0.5) is 4.39 Å². The van der Waals surface area contributed by atoms with Crippen molar-refractivity contribution in [2.45, 2.75) is 31.5 Å². The molecule has 1 aromatic carbocycles. The molecule has 0 saturated carbocycles. The summed E-state index contributed by atoms with van der Waals surface area (Å²) >= 11 is 0. The molecule has 0 aliphatic carbocycles. The van der Waals surface area contributed by atoms with Crippen LogP contribution in [0.1, 0.15) is 24.8 Å². The summed E-state index contributed by atoms with van der Waals surface area (Å²) in [6.45, 7) is 2.61. The minimum atomic E-state index is -0.462. The van der Waals surface area contributed by atoms with Crippen LogP contribution in [0, 0.1) is 5.82 Å². The zero-order valence-corrected chi connectivity index (χ0v) is 15.5. The molecule has 144 valence electrons. The summed E-state index contributed by atoms with van der Waals surface area (Å²) in [4.78, 5) is 14.5. The van der Waals surface area contributed by atoms with Gasteiger partial charge in [-0.2, -0.15) is 5.10 Å². The molecule has 4 rings (SSSR count). The molecule has 2 aliphatic rings. The van der Waals surface area contributed by atoms with Gasteiger partial charge in [0, 0.05) is 51.2 Å². The highest BCUT2D eigenvalue weighted by Gasteiger charge is 2.40. The van der Waals surface area contributed by atoms with E-state index in [4.69, 9.17) is 9.47 Å². The van der Waals surface area contributed by atoms with Crippen LogP contribution >= 0.6 is 0 Å². The number of aromatic nitrogens is 2. The van der Waals surface area contributed by atoms with Gasteiger partial charge in [-0.15, -0.1) is 0 Å². The third-order valence-corrected chi connectivity index (χ3v) is 5.32. The van der Waals surface area contributed by atoms with Gasteiger partial charge in [-0.1, -0.05) is 0 Å². The Morgan fingerprint density at radius 3 is 2.52 bits per heavy atom. The summed E-state index contributed by atoms with van der Waals surface area (Å²) < 4.78 is 26.4. The number of aryl methyl sites for hydroxylation is 2. The molecule has 1 spiro atoms. The molecular weight excluding hydrogens is 349 g/mol. The Morgan fingerprint density at radius 1 is 1.19 bits per heavy atom. The number of carbonyl (C=O) groups excluding carboxylic acids is 1. The van der Waals surface area contributed by atoms with Crippen LogP contribution < -0.4 is 0 Å². The van der Waals surface area contributed by atoms with Crippen molar-refractivity contribution in [1.29, 1.82) is 0 Å². The fraction of sp³-hybridized carbons (Fsp3) is 0.500. The molecule has 1 aromatic heterocycles. The van der Waals surface area contributed by atoms with Crippen LogP contribution in [0.2, 0.25) is 0 Å². The van der Waals surface area contributed by atoms with E-state index >= 15 is 0 Å². The largest absolute Gasteiger partial charge is 0.347 e. The van der Waals surface area contributed by atoms with Crippen molar-refractivity contribution in [3.8, 4) is 11.3 Å². The quantitative estimate of drug-likeness (QED) is 0.826. The lowest BCUT2D eigenvalue weighted by molar-refractivity contribution is -0.187. The second kappa shape index (κ2) is 7.40. The SMILES string of the molecule is Cn1cc(CCC(=O)N2CCC3(CC2)OCCO3)c(-c2ccc(F)cc2)n1. The Hall–Kier alpha value is -2.25. The number of hydrogen-bond acceptors (Lipinski definition) is 4. The summed E-state index contributed by atoms with van der Waals surface area (Å²) in [5.74, 6) is -0.600. The zero-order chi connectivity index (χ0) is 18.9. The van der Waals surface area contributed by atoms with E-state index in [0.717, 1.165) is 29.7 Å². The lowest BCUT2D eigenvalue weighted by Crippen LogP contribution is -2.47. The average molecular weight is 373 g/mol. The van der Waals surface area contributed by atoms with Crippen molar-refractivity contribution < 1.29 is 18.7 Å². The first-order valence-corrected chi connectivity index (χ1v) is 9.39. The normalized spacial score (nSPS) is 19.0. The van der Waals surface area contributed by atoms with Crippen molar-refractivity contribution in [2.75, 3.05) is 26.3 Å². The number of piperidine rings is 1. The molecule has 2 aliphatic heterocycles. The molecule has 6 nitrogen and oxygen atoms in total. The van der Waals surface area contributed by atoms with E-state index < -0.39 is 5.79 Å². The van der Waals surface area contributed by atoms with E-state index in [9.17, 15) is 9.18 Å². The highest BCUT2D eigenvalue weighted by Crippen LogP contribution is 2.31. The molecule has 1 amide bonds. The fourth-order valence-electron chi connectivity index (χ4n) is 3.85. The Balaban J connectivity index is 1.37. The number of likely N-dealkylation sites (tertiary alicyclic amines) is 1. The van der Waals surface area contributed by atoms with E-state index in [1.165, 1.54) is 12.1 Å². The molecule has 2 aromatic rings. The van der Waals surface area contributed by atoms with Gasteiger partial charge in [0.25, 0.3) is 0 Å². The molecule has 2 fully saturated rings. The maximum absolute atomic E-state index is 13.2. The Kier molecular flexibility index (Phi) is 4.97. The first-order valence-electron chi connectivity index (χ1n) is 9.39. The number of benzene rings is 1. The van der Waals surface area contributed by atoms with Crippen molar-refractivity contribution in [1.82, 2.24) is 14.7 Å². The maximum atomic E-state index is 13.2. The van der Waals surface area contributed by atoms with Gasteiger partial charge in [-0.25, -0.2) is 4.39 Å². The average Bonchev–Trinajstić information content (AvgIpc) is 3.28. The molecule has 7 heteroatoms. The number of rotatable bonds is 4. The summed E-state index contributed by atoms with van der Waals surface area (Å²) in [6.07, 6.45) is 4.42. The summed E-state index contributed by atoms with van der Waals surface area (Å²) in [6, 6.07) is 6.29. The standard InChI is InChI=1S/C20H24FN3O3/c1-23-14-16(19(22-23)15-2-5-17(21)6-3-15)4-7-18(25)24-10-8-20(9-11-24)26-12-13-27-20/h2-3,5-6,14H,4,7-13H2,1H3. The minimum Gasteiger partial charge on any atom is -0.347 e. The van der Waals surface area contributed by atoms with Gasteiger partial charge in [0.2, 0.25) is 5.91 Å². The number of ether oxygens (including phenoxy) is 2. The van der Waals surface area contributed by atoms with E-state index in [1.807, 2.05) is 18.1 Å². The molecule has 0 radical (unpaired) electrons. The van der Waals surface area contributed by atoms with Crippen LogP contribution in [0.25, 0.3) is 11.3 Å². The molecule has 3 heterocycles. The summed E-state index contributed by atoms with van der Waals surface area (Å²) in [5, 5.41) is 4.49. The van der Waals surface area contributed by atoms with Crippen molar-refractivity contribution >= 4 is 5.91 Å². The Morgan fingerprint density at radius 2 is 1.85 bits per heavy atom. The van der Waals surface area contributed by atoms with Crippen molar-refractivity contribution in [2.24, 2.45) is 7.05 Å². The van der Waals surface area contributed by atoms with Crippen LogP contribution in [0.15, 0.2) is 30.5 Å². The Labute approximate surface area is 157 Å². The molecule has 2 saturated heterocycles. The van der Waals surface area contributed by atoms with Gasteiger partial charge in [0.05, 0.1) is 18.9 Å². The van der Waals surface area contributed by atoms with Gasteiger partial charge >= 0.3 is 0 Å². The van der Waals surface area contributed by atoms with Gasteiger partial charge in [0.1, 0.15) is 5.82 Å². The van der Waals surface area contributed by atoms with Crippen LogP contribution in [-0.4, -0.2) is 52.7 Å². The van der Waals surface area contributed by atoms with E-state index in [-0.39, 0.29) is 11.7 Å². The van der Waals surface area contributed by atoms with E-state index in [2.05, 4.69) is 5.10 Å². The predicted octanol–water partition coefficient (Wildman–Crippen LogP) is 2.52. The van der Waals surface area contributed by atoms with Gasteiger partial charge in [0.15, 0.2) is 5.79 Å². The van der Waals surface area contributed by atoms with Gasteiger partial charge in [-0.05, 0) is 36.2 Å². The molecular formula is C20H24FN3O3.